The monoisotopic (exact) mass is 357 g/mol. The van der Waals surface area contributed by atoms with Gasteiger partial charge in [-0.3, -0.25) is 14.9 Å². The Morgan fingerprint density at radius 3 is 2.92 bits per heavy atom. The Morgan fingerprint density at radius 1 is 1.42 bits per heavy atom. The van der Waals surface area contributed by atoms with Gasteiger partial charge < -0.3 is 10.6 Å². The number of benzene rings is 1. The largest absolute Gasteiger partial charge is 0.349 e. The maximum atomic E-state index is 12.4. The van der Waals surface area contributed by atoms with Crippen LogP contribution in [0, 0.1) is 15.5 Å². The van der Waals surface area contributed by atoms with Crippen LogP contribution in [-0.4, -0.2) is 39.7 Å². The van der Waals surface area contributed by atoms with E-state index in [2.05, 4.69) is 29.6 Å². The summed E-state index contributed by atoms with van der Waals surface area (Å²) in [5, 5.41) is 21.7. The first-order chi connectivity index (χ1) is 12.4. The highest BCUT2D eigenvalue weighted by Gasteiger charge is 2.32. The van der Waals surface area contributed by atoms with Gasteiger partial charge in [0.15, 0.2) is 5.69 Å². The molecular weight excluding hydrogens is 334 g/mol. The molecule has 2 heterocycles. The number of nitrogens with one attached hydrogen (secondary N) is 2. The van der Waals surface area contributed by atoms with Crippen molar-refractivity contribution in [2.24, 2.45) is 5.41 Å². The van der Waals surface area contributed by atoms with Gasteiger partial charge in [0.2, 0.25) is 0 Å². The zero-order chi connectivity index (χ0) is 18.7. The van der Waals surface area contributed by atoms with Crippen LogP contribution in [0.1, 0.15) is 37.2 Å². The van der Waals surface area contributed by atoms with Gasteiger partial charge in [0.25, 0.3) is 11.6 Å². The second-order valence-electron chi connectivity index (χ2n) is 7.20. The van der Waals surface area contributed by atoms with Gasteiger partial charge >= 0.3 is 0 Å². The number of nitrogens with zero attached hydrogens (tertiary/aromatic N) is 3. The summed E-state index contributed by atoms with van der Waals surface area (Å²) in [4.78, 5) is 23.1. The highest BCUT2D eigenvalue weighted by atomic mass is 16.6. The van der Waals surface area contributed by atoms with Crippen molar-refractivity contribution in [2.75, 3.05) is 13.1 Å². The van der Waals surface area contributed by atoms with Crippen molar-refractivity contribution in [3.8, 4) is 5.69 Å². The topological polar surface area (TPSA) is 102 Å². The third kappa shape index (κ3) is 3.75. The van der Waals surface area contributed by atoms with E-state index in [0.717, 1.165) is 19.4 Å². The Bertz CT molecular complexity index is 815. The lowest BCUT2D eigenvalue weighted by Gasteiger charge is -2.39. The van der Waals surface area contributed by atoms with Gasteiger partial charge in [-0.2, -0.15) is 5.10 Å². The summed E-state index contributed by atoms with van der Waals surface area (Å²) in [6.45, 7) is 5.86. The maximum Gasteiger partial charge on any atom is 0.294 e. The number of piperidine rings is 1. The average molecular weight is 357 g/mol. The van der Waals surface area contributed by atoms with Gasteiger partial charge in [-0.1, -0.05) is 26.0 Å². The van der Waals surface area contributed by atoms with E-state index < -0.39 is 4.92 Å². The van der Waals surface area contributed by atoms with E-state index >= 15 is 0 Å². The Morgan fingerprint density at radius 2 is 2.19 bits per heavy atom. The number of para-hydroxylation sites is 2. The van der Waals surface area contributed by atoms with E-state index in [1.165, 1.54) is 10.7 Å². The minimum Gasteiger partial charge on any atom is -0.349 e. The molecule has 26 heavy (non-hydrogen) atoms. The number of aromatic nitrogens is 2. The molecule has 2 aromatic rings. The average Bonchev–Trinajstić information content (AvgIpc) is 3.10. The summed E-state index contributed by atoms with van der Waals surface area (Å²) in [6.07, 6.45) is 3.81. The molecule has 2 N–H and O–H groups in total. The molecule has 0 spiro atoms. The van der Waals surface area contributed by atoms with Crippen molar-refractivity contribution in [3.05, 3.63) is 52.3 Å². The number of amides is 1. The van der Waals surface area contributed by atoms with Gasteiger partial charge in [0, 0.05) is 24.8 Å². The van der Waals surface area contributed by atoms with E-state index in [1.807, 2.05) is 0 Å². The third-order valence-corrected chi connectivity index (χ3v) is 4.95. The van der Waals surface area contributed by atoms with E-state index in [4.69, 9.17) is 0 Å². The number of nitro groups is 1. The summed E-state index contributed by atoms with van der Waals surface area (Å²) >= 11 is 0. The van der Waals surface area contributed by atoms with Crippen LogP contribution in [-0.2, 0) is 0 Å². The van der Waals surface area contributed by atoms with Crippen molar-refractivity contribution >= 4 is 11.6 Å². The van der Waals surface area contributed by atoms with Crippen LogP contribution in [0.25, 0.3) is 5.69 Å². The molecule has 3 rings (SSSR count). The number of carbonyl (C=O) groups is 1. The molecule has 1 aromatic carbocycles. The Hall–Kier alpha value is -2.74. The third-order valence-electron chi connectivity index (χ3n) is 4.95. The molecule has 8 nitrogen and oxygen atoms in total. The molecule has 8 heteroatoms. The van der Waals surface area contributed by atoms with Crippen molar-refractivity contribution in [1.29, 1.82) is 0 Å². The van der Waals surface area contributed by atoms with Crippen molar-refractivity contribution in [2.45, 2.75) is 32.7 Å². The highest BCUT2D eigenvalue weighted by molar-refractivity contribution is 5.92. The predicted octanol–water partition coefficient (Wildman–Crippen LogP) is 2.29. The van der Waals surface area contributed by atoms with Gasteiger partial charge in [-0.05, 0) is 36.9 Å². The van der Waals surface area contributed by atoms with Gasteiger partial charge in [-0.15, -0.1) is 0 Å². The minimum atomic E-state index is -0.465. The molecule has 0 aliphatic carbocycles. The fourth-order valence-corrected chi connectivity index (χ4v) is 3.30. The molecule has 0 radical (unpaired) electrons. The van der Waals surface area contributed by atoms with Crippen molar-refractivity contribution in [3.63, 3.8) is 0 Å². The van der Waals surface area contributed by atoms with Crippen LogP contribution in [0.5, 0.6) is 0 Å². The quantitative estimate of drug-likeness (QED) is 0.631. The smallest absolute Gasteiger partial charge is 0.294 e. The zero-order valence-corrected chi connectivity index (χ0v) is 14.9. The SMILES string of the molecule is CC1(C)CCCNC1CNC(=O)c1ccn(-c2ccccc2[N+](=O)[O-])n1. The second-order valence-corrected chi connectivity index (χ2v) is 7.20. The standard InChI is InChI=1S/C18H23N5O3/c1-18(2)9-5-10-19-16(18)12-20-17(24)13-8-11-22(21-13)14-6-3-4-7-15(14)23(25)26/h3-4,6-8,11,16,19H,5,9-10,12H2,1-2H3,(H,20,24). The van der Waals surface area contributed by atoms with E-state index in [-0.39, 0.29) is 28.7 Å². The fourth-order valence-electron chi connectivity index (χ4n) is 3.30. The normalized spacial score (nSPS) is 19.1. The maximum absolute atomic E-state index is 12.4. The summed E-state index contributed by atoms with van der Waals surface area (Å²) < 4.78 is 1.36. The van der Waals surface area contributed by atoms with Crippen molar-refractivity contribution in [1.82, 2.24) is 20.4 Å². The lowest BCUT2D eigenvalue weighted by atomic mass is 9.77. The zero-order valence-electron chi connectivity index (χ0n) is 14.9. The van der Waals surface area contributed by atoms with Gasteiger partial charge in [-0.25, -0.2) is 4.68 Å². The summed E-state index contributed by atoms with van der Waals surface area (Å²) in [6, 6.07) is 8.07. The summed E-state index contributed by atoms with van der Waals surface area (Å²) in [5.41, 5.74) is 0.620. The van der Waals surface area contributed by atoms with Crippen LogP contribution < -0.4 is 10.6 Å². The van der Waals surface area contributed by atoms with E-state index in [1.54, 1.807) is 30.5 Å². The molecule has 1 unspecified atom stereocenters. The van der Waals surface area contributed by atoms with Crippen LogP contribution in [0.4, 0.5) is 5.69 Å². The molecule has 1 saturated heterocycles. The molecule has 1 aliphatic heterocycles. The molecule has 1 atom stereocenters. The number of rotatable bonds is 5. The highest BCUT2D eigenvalue weighted by Crippen LogP contribution is 2.29. The van der Waals surface area contributed by atoms with Crippen molar-refractivity contribution < 1.29 is 9.72 Å². The van der Waals surface area contributed by atoms with Gasteiger partial charge in [0.1, 0.15) is 5.69 Å². The van der Waals surface area contributed by atoms with E-state index in [0.29, 0.717) is 12.2 Å². The number of hydrogen-bond donors (Lipinski definition) is 2. The Labute approximate surface area is 151 Å². The Balaban J connectivity index is 1.70. The number of carbonyl (C=O) groups excluding carboxylic acids is 1. The minimum absolute atomic E-state index is 0.0595. The molecule has 0 saturated carbocycles. The Kier molecular flexibility index (Phi) is 5.03. The first-order valence-electron chi connectivity index (χ1n) is 8.69. The molecular formula is C18H23N5O3. The summed E-state index contributed by atoms with van der Waals surface area (Å²) in [7, 11) is 0. The predicted molar refractivity (Wildman–Crippen MR) is 97.4 cm³/mol. The lowest BCUT2D eigenvalue weighted by molar-refractivity contribution is -0.384. The molecule has 1 fully saturated rings. The van der Waals surface area contributed by atoms with Crippen LogP contribution >= 0.6 is 0 Å². The molecule has 0 bridgehead atoms. The number of hydrogen-bond acceptors (Lipinski definition) is 5. The first-order valence-corrected chi connectivity index (χ1v) is 8.69. The summed E-state index contributed by atoms with van der Waals surface area (Å²) in [5.74, 6) is -0.287. The molecule has 138 valence electrons. The van der Waals surface area contributed by atoms with E-state index in [9.17, 15) is 14.9 Å². The van der Waals surface area contributed by atoms with Crippen LogP contribution in [0.2, 0.25) is 0 Å². The van der Waals surface area contributed by atoms with Gasteiger partial charge in [0.05, 0.1) is 4.92 Å². The lowest BCUT2D eigenvalue weighted by Crippen LogP contribution is -2.52. The second kappa shape index (κ2) is 7.25. The first kappa shape index (κ1) is 18.1. The van der Waals surface area contributed by atoms with Crippen LogP contribution in [0.3, 0.4) is 0 Å². The molecule has 1 aromatic heterocycles. The van der Waals surface area contributed by atoms with Crippen LogP contribution in [0.15, 0.2) is 36.5 Å². The molecule has 1 aliphatic rings. The number of nitro benzene ring substituents is 1. The molecule has 1 amide bonds. The fraction of sp³-hybridized carbons (Fsp3) is 0.444.